The molecule has 0 aromatic rings. The highest BCUT2D eigenvalue weighted by molar-refractivity contribution is 5.54. The average molecular weight is 184 g/mol. The van der Waals surface area contributed by atoms with Crippen molar-refractivity contribution < 1.29 is 9.53 Å². The van der Waals surface area contributed by atoms with E-state index in [1.54, 1.807) is 0 Å². The first kappa shape index (κ1) is 10.3. The fourth-order valence-electron chi connectivity index (χ4n) is 1.36. The van der Waals surface area contributed by atoms with Crippen molar-refractivity contribution >= 4 is 5.94 Å². The zero-order valence-corrected chi connectivity index (χ0v) is 8.33. The summed E-state index contributed by atoms with van der Waals surface area (Å²) in [5.74, 6) is 7.38. The van der Waals surface area contributed by atoms with Crippen molar-refractivity contribution in [3.05, 3.63) is 5.70 Å². The zero-order valence-electron chi connectivity index (χ0n) is 8.33. The summed E-state index contributed by atoms with van der Waals surface area (Å²) in [5, 5.41) is 1.41. The first-order valence-corrected chi connectivity index (χ1v) is 4.39. The Hall–Kier alpha value is -0.830. The topological polar surface area (TPSA) is 55.6 Å². The second-order valence-electron chi connectivity index (χ2n) is 4.19. The number of hydrogen-bond donors (Lipinski definition) is 1. The molecular weight excluding hydrogens is 168 g/mol. The number of rotatable bonds is 1. The minimum Gasteiger partial charge on any atom is -0.365 e. The summed E-state index contributed by atoms with van der Waals surface area (Å²) in [6.07, 6.45) is 0.570. The van der Waals surface area contributed by atoms with E-state index in [-0.39, 0.29) is 11.7 Å². The maximum absolute atomic E-state index is 10.6. The Kier molecular flexibility index (Phi) is 2.76. The molecule has 0 spiro atoms. The third kappa shape index (κ3) is 2.56. The molecule has 4 nitrogen and oxygen atoms in total. The highest BCUT2D eigenvalue weighted by Crippen LogP contribution is 2.23. The lowest BCUT2D eigenvalue weighted by Crippen LogP contribution is -2.31. The Morgan fingerprint density at radius 2 is 2.23 bits per heavy atom. The van der Waals surface area contributed by atoms with Crippen molar-refractivity contribution in [2.45, 2.75) is 38.9 Å². The van der Waals surface area contributed by atoms with Crippen LogP contribution in [0.2, 0.25) is 0 Å². The van der Waals surface area contributed by atoms with Gasteiger partial charge in [0.1, 0.15) is 17.7 Å². The molecule has 1 atom stereocenters. The standard InChI is InChI=1S/C9H16N2O2/c1-9(2,3)13-8-4-5-11(10)7(8)6-12/h8H,4-5,10H2,1-3H3/t8-/m0/s1. The van der Waals surface area contributed by atoms with Crippen molar-refractivity contribution in [1.29, 1.82) is 0 Å². The van der Waals surface area contributed by atoms with E-state index in [0.717, 1.165) is 6.42 Å². The van der Waals surface area contributed by atoms with Gasteiger partial charge in [0, 0.05) is 6.54 Å². The van der Waals surface area contributed by atoms with Gasteiger partial charge >= 0.3 is 0 Å². The molecule has 2 N–H and O–H groups in total. The van der Waals surface area contributed by atoms with E-state index in [9.17, 15) is 4.79 Å². The van der Waals surface area contributed by atoms with E-state index in [4.69, 9.17) is 10.6 Å². The third-order valence-corrected chi connectivity index (χ3v) is 1.85. The summed E-state index contributed by atoms with van der Waals surface area (Å²) >= 11 is 0. The van der Waals surface area contributed by atoms with Crippen molar-refractivity contribution in [3.8, 4) is 0 Å². The maximum atomic E-state index is 10.6. The molecule has 1 aliphatic rings. The molecule has 1 rings (SSSR count). The van der Waals surface area contributed by atoms with Crippen molar-refractivity contribution in [2.24, 2.45) is 5.84 Å². The Morgan fingerprint density at radius 1 is 1.62 bits per heavy atom. The molecule has 1 heterocycles. The second-order valence-corrected chi connectivity index (χ2v) is 4.19. The van der Waals surface area contributed by atoms with Gasteiger partial charge in [-0.15, -0.1) is 0 Å². The first-order chi connectivity index (χ1) is 5.94. The number of hydrogen-bond acceptors (Lipinski definition) is 4. The van der Waals surface area contributed by atoms with Gasteiger partial charge in [-0.2, -0.15) is 0 Å². The van der Waals surface area contributed by atoms with Crippen molar-refractivity contribution in [2.75, 3.05) is 6.54 Å². The number of hydrazine groups is 1. The Bertz CT molecular complexity index is 238. The SMILES string of the molecule is CC(C)(C)O[C@H]1CCN(N)C1=C=O. The van der Waals surface area contributed by atoms with Gasteiger partial charge in [-0.25, -0.2) is 10.6 Å². The van der Waals surface area contributed by atoms with Crippen LogP contribution in [0.25, 0.3) is 0 Å². The van der Waals surface area contributed by atoms with Gasteiger partial charge < -0.3 is 9.75 Å². The van der Waals surface area contributed by atoms with E-state index in [2.05, 4.69) is 0 Å². The normalized spacial score (nSPS) is 23.5. The fraction of sp³-hybridized carbons (Fsp3) is 0.778. The minimum atomic E-state index is -0.252. The summed E-state index contributed by atoms with van der Waals surface area (Å²) < 4.78 is 5.65. The van der Waals surface area contributed by atoms with Gasteiger partial charge in [0.05, 0.1) is 5.60 Å². The van der Waals surface area contributed by atoms with E-state index in [1.165, 1.54) is 5.01 Å². The van der Waals surface area contributed by atoms with E-state index in [0.29, 0.717) is 12.2 Å². The molecule has 4 heteroatoms. The Labute approximate surface area is 78.3 Å². The largest absolute Gasteiger partial charge is 0.365 e. The summed E-state index contributed by atoms with van der Waals surface area (Å²) in [4.78, 5) is 10.6. The lowest BCUT2D eigenvalue weighted by molar-refractivity contribution is -0.0404. The molecule has 0 saturated carbocycles. The van der Waals surface area contributed by atoms with Crippen LogP contribution in [0, 0.1) is 0 Å². The van der Waals surface area contributed by atoms with Crippen molar-refractivity contribution in [3.63, 3.8) is 0 Å². The number of nitrogens with two attached hydrogens (primary N) is 1. The highest BCUT2D eigenvalue weighted by Gasteiger charge is 2.31. The van der Waals surface area contributed by atoms with Gasteiger partial charge in [-0.05, 0) is 27.2 Å². The molecule has 1 saturated heterocycles. The van der Waals surface area contributed by atoms with Crippen LogP contribution < -0.4 is 5.84 Å². The summed E-state index contributed by atoms with van der Waals surface area (Å²) in [6.45, 7) is 6.52. The van der Waals surface area contributed by atoms with E-state index >= 15 is 0 Å². The van der Waals surface area contributed by atoms with Gasteiger partial charge in [-0.3, -0.25) is 0 Å². The smallest absolute Gasteiger partial charge is 0.150 e. The lowest BCUT2D eigenvalue weighted by atomic mass is 10.1. The lowest BCUT2D eigenvalue weighted by Gasteiger charge is -2.24. The fourth-order valence-corrected chi connectivity index (χ4v) is 1.36. The predicted octanol–water partition coefficient (Wildman–Crippen LogP) is 0.465. The molecule has 0 bridgehead atoms. The van der Waals surface area contributed by atoms with Gasteiger partial charge in [0.2, 0.25) is 0 Å². The van der Waals surface area contributed by atoms with Crippen LogP contribution in [0.15, 0.2) is 5.70 Å². The van der Waals surface area contributed by atoms with Gasteiger partial charge in [0.15, 0.2) is 0 Å². The molecule has 13 heavy (non-hydrogen) atoms. The zero-order chi connectivity index (χ0) is 10.1. The number of carbonyl (C=O) groups excluding carboxylic acids is 1. The average Bonchev–Trinajstić information content (AvgIpc) is 2.28. The minimum absolute atomic E-state index is 0.192. The Balaban J connectivity index is 2.68. The molecule has 0 radical (unpaired) electrons. The predicted molar refractivity (Wildman–Crippen MR) is 49.3 cm³/mol. The van der Waals surface area contributed by atoms with Crippen LogP contribution in [0.5, 0.6) is 0 Å². The highest BCUT2D eigenvalue weighted by atomic mass is 16.5. The van der Waals surface area contributed by atoms with Crippen LogP contribution in [0.3, 0.4) is 0 Å². The number of ether oxygens (including phenoxy) is 1. The van der Waals surface area contributed by atoms with Crippen LogP contribution in [0.4, 0.5) is 0 Å². The summed E-state index contributed by atoms with van der Waals surface area (Å²) in [5.41, 5.74) is 0.174. The molecule has 1 aliphatic heterocycles. The van der Waals surface area contributed by atoms with Crippen LogP contribution in [-0.2, 0) is 9.53 Å². The van der Waals surface area contributed by atoms with E-state index < -0.39 is 0 Å². The molecule has 0 unspecified atom stereocenters. The molecule has 0 aromatic heterocycles. The molecule has 0 amide bonds. The summed E-state index contributed by atoms with van der Waals surface area (Å²) in [7, 11) is 0. The van der Waals surface area contributed by atoms with Crippen LogP contribution in [0.1, 0.15) is 27.2 Å². The van der Waals surface area contributed by atoms with Crippen LogP contribution in [-0.4, -0.2) is 29.2 Å². The van der Waals surface area contributed by atoms with Crippen molar-refractivity contribution in [1.82, 2.24) is 5.01 Å². The second kappa shape index (κ2) is 3.50. The van der Waals surface area contributed by atoms with Gasteiger partial charge in [-0.1, -0.05) is 0 Å². The molecule has 74 valence electrons. The molecule has 0 aromatic carbocycles. The van der Waals surface area contributed by atoms with Crippen LogP contribution >= 0.6 is 0 Å². The quantitative estimate of drug-likeness (QED) is 0.475. The molecule has 0 aliphatic carbocycles. The summed E-state index contributed by atoms with van der Waals surface area (Å²) in [6, 6.07) is 0. The third-order valence-electron chi connectivity index (χ3n) is 1.85. The monoisotopic (exact) mass is 184 g/mol. The van der Waals surface area contributed by atoms with Gasteiger partial charge in [0.25, 0.3) is 0 Å². The Morgan fingerprint density at radius 3 is 2.69 bits per heavy atom. The first-order valence-electron chi connectivity index (χ1n) is 4.39. The van der Waals surface area contributed by atoms with E-state index in [1.807, 2.05) is 26.7 Å². The molecular formula is C9H16N2O2. The number of nitrogens with zero attached hydrogens (tertiary/aromatic N) is 1. The molecule has 1 fully saturated rings. The maximum Gasteiger partial charge on any atom is 0.150 e.